The Morgan fingerprint density at radius 1 is 1.50 bits per heavy atom. The minimum atomic E-state index is -0.753. The fraction of sp³-hybridized carbons (Fsp3) is 0.615. The number of rotatable bonds is 4. The highest BCUT2D eigenvalue weighted by Gasteiger charge is 2.34. The van der Waals surface area contributed by atoms with Crippen LogP contribution in [0.15, 0.2) is 23.1 Å². The molecule has 7 nitrogen and oxygen atoms in total. The smallest absolute Gasteiger partial charge is 0.138 e. The Morgan fingerprint density at radius 2 is 2.40 bits per heavy atom. The van der Waals surface area contributed by atoms with Gasteiger partial charge in [-0.1, -0.05) is 10.4 Å². The van der Waals surface area contributed by atoms with E-state index in [9.17, 15) is 5.11 Å². The molecule has 1 unspecified atom stereocenters. The van der Waals surface area contributed by atoms with E-state index in [1.807, 2.05) is 6.92 Å². The molecule has 0 aromatic carbocycles. The van der Waals surface area contributed by atoms with Gasteiger partial charge in [-0.2, -0.15) is 0 Å². The first-order chi connectivity index (χ1) is 9.65. The lowest BCUT2D eigenvalue weighted by Crippen LogP contribution is -2.50. The Bertz CT molecular complexity index is 553. The van der Waals surface area contributed by atoms with Gasteiger partial charge in [0.15, 0.2) is 0 Å². The van der Waals surface area contributed by atoms with Gasteiger partial charge in [0.05, 0.1) is 24.5 Å². The number of aryl methyl sites for hydroxylation is 1. The molecule has 108 valence electrons. The van der Waals surface area contributed by atoms with E-state index in [4.69, 9.17) is 4.52 Å². The van der Waals surface area contributed by atoms with Crippen LogP contribution in [0.25, 0.3) is 0 Å². The summed E-state index contributed by atoms with van der Waals surface area (Å²) in [5, 5.41) is 22.3. The number of hydrogen-bond donors (Lipinski definition) is 1. The van der Waals surface area contributed by atoms with Gasteiger partial charge < -0.3 is 9.63 Å². The zero-order valence-electron chi connectivity index (χ0n) is 11.6. The highest BCUT2D eigenvalue weighted by atomic mass is 16.5. The van der Waals surface area contributed by atoms with Crippen molar-refractivity contribution >= 4 is 0 Å². The second-order valence-electron chi connectivity index (χ2n) is 5.55. The third-order valence-corrected chi connectivity index (χ3v) is 3.81. The normalized spacial score (nSPS) is 24.1. The van der Waals surface area contributed by atoms with Gasteiger partial charge in [0.25, 0.3) is 0 Å². The molecule has 2 aromatic rings. The van der Waals surface area contributed by atoms with E-state index in [1.54, 1.807) is 23.3 Å². The molecule has 0 saturated carbocycles. The molecular formula is C13H19N5O2. The maximum atomic E-state index is 10.7. The van der Waals surface area contributed by atoms with Crippen LogP contribution >= 0.6 is 0 Å². The summed E-state index contributed by atoms with van der Waals surface area (Å²) >= 11 is 0. The van der Waals surface area contributed by atoms with Crippen molar-refractivity contribution in [2.75, 3.05) is 13.1 Å². The number of nitrogens with zero attached hydrogens (tertiary/aromatic N) is 5. The molecule has 1 saturated heterocycles. The lowest BCUT2D eigenvalue weighted by molar-refractivity contribution is -0.0479. The van der Waals surface area contributed by atoms with Gasteiger partial charge in [0.1, 0.15) is 5.76 Å². The zero-order chi connectivity index (χ0) is 14.0. The molecule has 1 aliphatic heterocycles. The summed E-state index contributed by atoms with van der Waals surface area (Å²) in [6, 6.07) is 0. The number of aromatic nitrogens is 4. The first kappa shape index (κ1) is 13.3. The Kier molecular flexibility index (Phi) is 3.54. The molecule has 0 bridgehead atoms. The summed E-state index contributed by atoms with van der Waals surface area (Å²) in [4.78, 5) is 2.24. The third kappa shape index (κ3) is 2.88. The molecule has 7 heteroatoms. The van der Waals surface area contributed by atoms with E-state index in [-0.39, 0.29) is 0 Å². The van der Waals surface area contributed by atoms with Crippen LogP contribution in [0.5, 0.6) is 0 Å². The molecule has 3 rings (SSSR count). The molecule has 3 heterocycles. The second kappa shape index (κ2) is 5.34. The average Bonchev–Trinajstić information content (AvgIpc) is 3.02. The van der Waals surface area contributed by atoms with Gasteiger partial charge >= 0.3 is 0 Å². The van der Waals surface area contributed by atoms with Gasteiger partial charge in [0, 0.05) is 24.8 Å². The van der Waals surface area contributed by atoms with E-state index in [2.05, 4.69) is 20.4 Å². The number of aliphatic hydroxyl groups is 1. The van der Waals surface area contributed by atoms with Crippen LogP contribution in [0.4, 0.5) is 0 Å². The molecule has 1 atom stereocenters. The van der Waals surface area contributed by atoms with Crippen LogP contribution in [0.1, 0.15) is 24.2 Å². The topological polar surface area (TPSA) is 80.2 Å². The van der Waals surface area contributed by atoms with Crippen LogP contribution < -0.4 is 0 Å². The summed E-state index contributed by atoms with van der Waals surface area (Å²) < 4.78 is 6.77. The molecular weight excluding hydrogens is 258 g/mol. The third-order valence-electron chi connectivity index (χ3n) is 3.81. The highest BCUT2D eigenvalue weighted by molar-refractivity contribution is 5.11. The molecule has 20 heavy (non-hydrogen) atoms. The number of likely N-dealkylation sites (tertiary alicyclic amines) is 1. The monoisotopic (exact) mass is 277 g/mol. The van der Waals surface area contributed by atoms with Crippen molar-refractivity contribution in [1.29, 1.82) is 0 Å². The molecule has 0 amide bonds. The lowest BCUT2D eigenvalue weighted by Gasteiger charge is -2.38. The van der Waals surface area contributed by atoms with E-state index in [0.717, 1.165) is 37.3 Å². The fourth-order valence-corrected chi connectivity index (χ4v) is 2.80. The van der Waals surface area contributed by atoms with Gasteiger partial charge in [0.2, 0.25) is 0 Å². The molecule has 0 spiro atoms. The predicted octanol–water partition coefficient (Wildman–Crippen LogP) is 0.602. The summed E-state index contributed by atoms with van der Waals surface area (Å²) in [5.41, 5.74) is 0.326. The minimum Gasteiger partial charge on any atom is -0.387 e. The SMILES string of the molecule is Cc1oncc1CN1CCCC(O)(Cn2ccnn2)C1. The van der Waals surface area contributed by atoms with Gasteiger partial charge in [-0.15, -0.1) is 5.10 Å². The molecule has 1 N–H and O–H groups in total. The van der Waals surface area contributed by atoms with E-state index in [0.29, 0.717) is 13.1 Å². The van der Waals surface area contributed by atoms with Crippen LogP contribution in [-0.4, -0.2) is 48.8 Å². The van der Waals surface area contributed by atoms with Crippen LogP contribution in [0, 0.1) is 6.92 Å². The molecule has 1 fully saturated rings. The first-order valence-electron chi connectivity index (χ1n) is 6.84. The van der Waals surface area contributed by atoms with Crippen molar-refractivity contribution in [3.05, 3.63) is 29.9 Å². The number of hydrogen-bond acceptors (Lipinski definition) is 6. The van der Waals surface area contributed by atoms with Crippen molar-refractivity contribution in [3.8, 4) is 0 Å². The fourth-order valence-electron chi connectivity index (χ4n) is 2.80. The number of piperidine rings is 1. The van der Waals surface area contributed by atoms with Crippen LogP contribution in [0.3, 0.4) is 0 Å². The van der Waals surface area contributed by atoms with Crippen LogP contribution in [0.2, 0.25) is 0 Å². The van der Waals surface area contributed by atoms with Crippen molar-refractivity contribution in [2.45, 2.75) is 38.5 Å². The highest BCUT2D eigenvalue weighted by Crippen LogP contribution is 2.24. The minimum absolute atomic E-state index is 0.478. The van der Waals surface area contributed by atoms with Gasteiger partial charge in [-0.25, -0.2) is 4.68 Å². The van der Waals surface area contributed by atoms with Gasteiger partial charge in [-0.3, -0.25) is 4.90 Å². The maximum absolute atomic E-state index is 10.7. The van der Waals surface area contributed by atoms with E-state index < -0.39 is 5.60 Å². The van der Waals surface area contributed by atoms with Crippen molar-refractivity contribution in [1.82, 2.24) is 25.1 Å². The molecule has 0 aliphatic carbocycles. The Balaban J connectivity index is 1.65. The second-order valence-corrected chi connectivity index (χ2v) is 5.55. The maximum Gasteiger partial charge on any atom is 0.138 e. The van der Waals surface area contributed by atoms with E-state index >= 15 is 0 Å². The Morgan fingerprint density at radius 3 is 3.10 bits per heavy atom. The average molecular weight is 277 g/mol. The van der Waals surface area contributed by atoms with E-state index in [1.165, 1.54) is 0 Å². The Labute approximate surface area is 117 Å². The predicted molar refractivity (Wildman–Crippen MR) is 70.7 cm³/mol. The molecule has 2 aromatic heterocycles. The summed E-state index contributed by atoms with van der Waals surface area (Å²) in [6.07, 6.45) is 6.91. The number of β-amino-alcohol motifs (C(OH)–C–C–N with tert-alkyl or cyclic N) is 1. The van der Waals surface area contributed by atoms with Crippen molar-refractivity contribution in [3.63, 3.8) is 0 Å². The van der Waals surface area contributed by atoms with Crippen LogP contribution in [-0.2, 0) is 13.1 Å². The molecule has 1 aliphatic rings. The largest absolute Gasteiger partial charge is 0.387 e. The lowest BCUT2D eigenvalue weighted by atomic mass is 9.92. The van der Waals surface area contributed by atoms with Gasteiger partial charge in [-0.05, 0) is 26.3 Å². The first-order valence-corrected chi connectivity index (χ1v) is 6.84. The standard InChI is InChI=1S/C13H19N5O2/c1-11-12(7-15-20-11)8-17-5-2-3-13(19,9-17)10-18-6-4-14-16-18/h4,6-7,19H,2-3,5,8-10H2,1H3. The summed E-state index contributed by atoms with van der Waals surface area (Å²) in [5.74, 6) is 0.843. The molecule has 0 radical (unpaired) electrons. The Hall–Kier alpha value is -1.73. The summed E-state index contributed by atoms with van der Waals surface area (Å²) in [7, 11) is 0. The van der Waals surface area contributed by atoms with Crippen molar-refractivity contribution in [2.24, 2.45) is 0 Å². The summed E-state index contributed by atoms with van der Waals surface area (Å²) in [6.45, 7) is 4.75. The van der Waals surface area contributed by atoms with Crippen molar-refractivity contribution < 1.29 is 9.63 Å². The zero-order valence-corrected chi connectivity index (χ0v) is 11.6. The quantitative estimate of drug-likeness (QED) is 0.881.